The van der Waals surface area contributed by atoms with Gasteiger partial charge in [-0.3, -0.25) is 5.41 Å². The molecule has 0 saturated carbocycles. The number of unbranched alkanes of at least 4 members (excludes halogenated alkanes) is 2. The van der Waals surface area contributed by atoms with E-state index >= 15 is 0 Å². The molecule has 3 N–H and O–H groups in total. The highest BCUT2D eigenvalue weighted by atomic mass is 35.5. The molecule has 0 heterocycles. The van der Waals surface area contributed by atoms with Gasteiger partial charge in [-0.25, -0.2) is 10.9 Å². The largest absolute Gasteiger partial charge is 0.266 e. The van der Waals surface area contributed by atoms with Crippen molar-refractivity contribution in [1.29, 1.82) is 5.41 Å². The number of rotatable bonds is 10. The van der Waals surface area contributed by atoms with Gasteiger partial charge in [0.1, 0.15) is 0 Å². The maximum absolute atomic E-state index is 7.79. The number of hydrogen-bond donors (Lipinski definition) is 3. The molecule has 6 heteroatoms. The minimum Gasteiger partial charge on any atom is -0.266 e. The predicted octanol–water partition coefficient (Wildman–Crippen LogP) is 5.28. The second-order valence-corrected chi connectivity index (χ2v) is 6.81. The summed E-state index contributed by atoms with van der Waals surface area (Å²) in [6.07, 6.45) is 10.4. The van der Waals surface area contributed by atoms with Crippen molar-refractivity contribution < 1.29 is 0 Å². The van der Waals surface area contributed by atoms with Crippen LogP contribution in [0.3, 0.4) is 0 Å². The SMILES string of the molecule is CCCCc1ccc(C=NNC(=N)NN=Cc2ccc(CCCC)cc2)cc1.Cl. The number of halogens is 1. The van der Waals surface area contributed by atoms with Crippen LogP contribution in [-0.2, 0) is 12.8 Å². The van der Waals surface area contributed by atoms with Crippen LogP contribution in [0.1, 0.15) is 61.8 Å². The van der Waals surface area contributed by atoms with Gasteiger partial charge in [-0.15, -0.1) is 12.4 Å². The lowest BCUT2D eigenvalue weighted by Gasteiger charge is -2.02. The van der Waals surface area contributed by atoms with Crippen LogP contribution in [0, 0.1) is 5.41 Å². The fourth-order valence-corrected chi connectivity index (χ4v) is 2.67. The van der Waals surface area contributed by atoms with Crippen molar-refractivity contribution in [3.63, 3.8) is 0 Å². The van der Waals surface area contributed by atoms with Crippen LogP contribution >= 0.6 is 12.4 Å². The summed E-state index contributed by atoms with van der Waals surface area (Å²) < 4.78 is 0. The molecule has 0 aliphatic rings. The monoisotopic (exact) mass is 413 g/mol. The highest BCUT2D eigenvalue weighted by Gasteiger charge is 1.95. The molecule has 0 amide bonds. The number of nitrogens with zero attached hydrogens (tertiary/aromatic N) is 2. The Labute approximate surface area is 180 Å². The van der Waals surface area contributed by atoms with Crippen molar-refractivity contribution in [2.24, 2.45) is 10.2 Å². The average Bonchev–Trinajstić information content (AvgIpc) is 2.72. The molecule has 0 radical (unpaired) electrons. The van der Waals surface area contributed by atoms with Crippen LogP contribution in [0.2, 0.25) is 0 Å². The van der Waals surface area contributed by atoms with Gasteiger partial charge in [0.2, 0.25) is 5.96 Å². The van der Waals surface area contributed by atoms with E-state index in [1.807, 2.05) is 24.3 Å². The minimum atomic E-state index is 0. The zero-order valence-corrected chi connectivity index (χ0v) is 18.1. The maximum atomic E-state index is 7.79. The Balaban J connectivity index is 0.00000420. The lowest BCUT2D eigenvalue weighted by molar-refractivity contribution is 0.795. The first-order chi connectivity index (χ1) is 13.7. The predicted molar refractivity (Wildman–Crippen MR) is 127 cm³/mol. The first kappa shape index (κ1) is 24.4. The van der Waals surface area contributed by atoms with Crippen molar-refractivity contribution in [2.75, 3.05) is 0 Å². The molecule has 2 aromatic rings. The van der Waals surface area contributed by atoms with Crippen LogP contribution in [-0.4, -0.2) is 18.4 Å². The van der Waals surface area contributed by atoms with Crippen molar-refractivity contribution in [1.82, 2.24) is 10.9 Å². The summed E-state index contributed by atoms with van der Waals surface area (Å²) in [4.78, 5) is 0. The van der Waals surface area contributed by atoms with Gasteiger partial charge in [-0.1, -0.05) is 75.2 Å². The lowest BCUT2D eigenvalue weighted by atomic mass is 10.1. The number of aryl methyl sites for hydroxylation is 2. The van der Waals surface area contributed by atoms with Gasteiger partial charge >= 0.3 is 0 Å². The van der Waals surface area contributed by atoms with E-state index in [9.17, 15) is 0 Å². The number of guanidine groups is 1. The molecule has 0 aromatic heterocycles. The van der Waals surface area contributed by atoms with Crippen molar-refractivity contribution >= 4 is 30.8 Å². The number of benzene rings is 2. The molecule has 0 bridgehead atoms. The average molecular weight is 414 g/mol. The first-order valence-corrected chi connectivity index (χ1v) is 10.1. The van der Waals surface area contributed by atoms with E-state index in [1.54, 1.807) is 12.4 Å². The molecule has 29 heavy (non-hydrogen) atoms. The zero-order chi connectivity index (χ0) is 20.0. The summed E-state index contributed by atoms with van der Waals surface area (Å²) in [5, 5.41) is 15.9. The minimum absolute atomic E-state index is 0. The highest BCUT2D eigenvalue weighted by molar-refractivity contribution is 5.85. The van der Waals surface area contributed by atoms with E-state index in [2.05, 4.69) is 59.2 Å². The summed E-state index contributed by atoms with van der Waals surface area (Å²) in [7, 11) is 0. The summed E-state index contributed by atoms with van der Waals surface area (Å²) in [6, 6.07) is 16.6. The van der Waals surface area contributed by atoms with Crippen LogP contribution in [0.5, 0.6) is 0 Å². The molecule has 0 atom stereocenters. The lowest BCUT2D eigenvalue weighted by Crippen LogP contribution is -2.29. The third-order valence-corrected chi connectivity index (χ3v) is 4.38. The maximum Gasteiger partial charge on any atom is 0.230 e. The standard InChI is InChI=1S/C23H31N5.ClH/c1-3-5-7-19-9-13-21(14-10-19)17-25-27-23(24)28-26-18-22-15-11-20(12-16-22)8-6-4-2;/h9-18H,3-8H2,1-2H3,(H3,24,27,28);1H. The molecule has 0 unspecified atom stereocenters. The van der Waals surface area contributed by atoms with Crippen molar-refractivity contribution in [3.8, 4) is 0 Å². The summed E-state index contributed by atoms with van der Waals surface area (Å²) in [5.74, 6) is 0.0200. The van der Waals surface area contributed by atoms with Gasteiger partial charge < -0.3 is 0 Å². The second kappa shape index (κ2) is 14.4. The molecule has 0 saturated heterocycles. The van der Waals surface area contributed by atoms with Crippen molar-refractivity contribution in [3.05, 3.63) is 70.8 Å². The van der Waals surface area contributed by atoms with Gasteiger partial charge in [0.15, 0.2) is 0 Å². The molecule has 2 aromatic carbocycles. The molecule has 0 aliphatic carbocycles. The molecule has 0 spiro atoms. The fraction of sp³-hybridized carbons (Fsp3) is 0.348. The zero-order valence-electron chi connectivity index (χ0n) is 17.3. The Hall–Kier alpha value is -2.66. The fourth-order valence-electron chi connectivity index (χ4n) is 2.67. The van der Waals surface area contributed by atoms with Gasteiger partial charge in [-0.05, 0) is 47.9 Å². The summed E-state index contributed by atoms with van der Waals surface area (Å²) in [5.41, 5.74) is 9.92. The van der Waals surface area contributed by atoms with Gasteiger partial charge in [0, 0.05) is 0 Å². The molecule has 0 fully saturated rings. The number of hydrazone groups is 2. The Bertz CT molecular complexity index is 701. The smallest absolute Gasteiger partial charge is 0.230 e. The van der Waals surface area contributed by atoms with Gasteiger partial charge in [-0.2, -0.15) is 10.2 Å². The van der Waals surface area contributed by atoms with E-state index < -0.39 is 0 Å². The van der Waals surface area contributed by atoms with Crippen molar-refractivity contribution in [2.45, 2.75) is 52.4 Å². The van der Waals surface area contributed by atoms with Crippen LogP contribution < -0.4 is 10.9 Å². The van der Waals surface area contributed by atoms with E-state index in [0.717, 1.165) is 24.0 Å². The Morgan fingerprint density at radius 1 is 0.759 bits per heavy atom. The number of hydrogen-bond acceptors (Lipinski definition) is 3. The Morgan fingerprint density at radius 3 is 1.48 bits per heavy atom. The van der Waals surface area contributed by atoms with Gasteiger partial charge in [0.25, 0.3) is 0 Å². The van der Waals surface area contributed by atoms with E-state index in [4.69, 9.17) is 5.41 Å². The van der Waals surface area contributed by atoms with Crippen LogP contribution in [0.4, 0.5) is 0 Å². The van der Waals surface area contributed by atoms with Crippen LogP contribution in [0.25, 0.3) is 0 Å². The Kier molecular flexibility index (Phi) is 12.1. The summed E-state index contributed by atoms with van der Waals surface area (Å²) in [6.45, 7) is 4.40. The molecular weight excluding hydrogens is 382 g/mol. The molecule has 2 rings (SSSR count). The molecule has 5 nitrogen and oxygen atoms in total. The quantitative estimate of drug-likeness (QED) is 0.282. The molecular formula is C23H32ClN5. The second-order valence-electron chi connectivity index (χ2n) is 6.81. The third kappa shape index (κ3) is 9.90. The molecule has 0 aliphatic heterocycles. The summed E-state index contributed by atoms with van der Waals surface area (Å²) >= 11 is 0. The van der Waals surface area contributed by atoms with E-state index in [1.165, 1.54) is 36.8 Å². The third-order valence-electron chi connectivity index (χ3n) is 4.38. The normalized spacial score (nSPS) is 10.8. The first-order valence-electron chi connectivity index (χ1n) is 10.1. The van der Waals surface area contributed by atoms with Crippen LogP contribution in [0.15, 0.2) is 58.7 Å². The highest BCUT2D eigenvalue weighted by Crippen LogP contribution is 2.07. The number of nitrogens with one attached hydrogen (secondary N) is 3. The molecule has 156 valence electrons. The van der Waals surface area contributed by atoms with E-state index in [0.29, 0.717) is 0 Å². The van der Waals surface area contributed by atoms with Gasteiger partial charge in [0.05, 0.1) is 12.4 Å². The topological polar surface area (TPSA) is 72.6 Å². The Morgan fingerprint density at radius 2 is 1.14 bits per heavy atom. The van der Waals surface area contributed by atoms with E-state index in [-0.39, 0.29) is 18.4 Å².